The fraction of sp³-hybridized carbons (Fsp3) is 0.357. The minimum absolute atomic E-state index is 0.118. The molecule has 1 aromatic carbocycles. The van der Waals surface area contributed by atoms with Crippen LogP contribution in [0.25, 0.3) is 0 Å². The molecule has 0 aliphatic carbocycles. The summed E-state index contributed by atoms with van der Waals surface area (Å²) in [6, 6.07) is 8.52. The molecule has 6 nitrogen and oxygen atoms in total. The van der Waals surface area contributed by atoms with E-state index >= 15 is 0 Å². The van der Waals surface area contributed by atoms with Gasteiger partial charge in [0.15, 0.2) is 5.05 Å². The highest BCUT2D eigenvalue weighted by molar-refractivity contribution is 7.80. The van der Waals surface area contributed by atoms with Crippen LogP contribution in [0.3, 0.4) is 0 Å². The van der Waals surface area contributed by atoms with Crippen molar-refractivity contribution >= 4 is 29.3 Å². The Kier molecular flexibility index (Phi) is 7.17. The van der Waals surface area contributed by atoms with E-state index in [9.17, 15) is 9.59 Å². The van der Waals surface area contributed by atoms with E-state index in [1.54, 1.807) is 0 Å². The van der Waals surface area contributed by atoms with Crippen molar-refractivity contribution in [2.24, 2.45) is 0 Å². The Morgan fingerprint density at radius 1 is 1.33 bits per heavy atom. The standard InChI is InChI=1S/C14H17NO5S/c1-19-13(21)11(7-8-12(16)17)15-14(18)20-9-10-5-3-2-4-6-10/h2-6,11H,7-9H2,1H3,(H,15,18)(H,16,17). The molecule has 7 heteroatoms. The van der Waals surface area contributed by atoms with Crippen molar-refractivity contribution < 1.29 is 24.2 Å². The number of benzene rings is 1. The minimum Gasteiger partial charge on any atom is -0.488 e. The van der Waals surface area contributed by atoms with E-state index in [4.69, 9.17) is 26.8 Å². The molecule has 0 aromatic heterocycles. The second kappa shape index (κ2) is 8.91. The Morgan fingerprint density at radius 3 is 2.57 bits per heavy atom. The summed E-state index contributed by atoms with van der Waals surface area (Å²) in [6.45, 7) is 0.123. The maximum absolute atomic E-state index is 11.7. The number of amides is 1. The van der Waals surface area contributed by atoms with Gasteiger partial charge in [-0.1, -0.05) is 30.3 Å². The van der Waals surface area contributed by atoms with E-state index in [2.05, 4.69) is 5.32 Å². The first kappa shape index (κ1) is 16.9. The van der Waals surface area contributed by atoms with Gasteiger partial charge in [0.05, 0.1) is 7.11 Å². The molecule has 0 aliphatic rings. The van der Waals surface area contributed by atoms with Crippen molar-refractivity contribution in [1.82, 2.24) is 5.32 Å². The van der Waals surface area contributed by atoms with Crippen molar-refractivity contribution in [1.29, 1.82) is 0 Å². The van der Waals surface area contributed by atoms with Gasteiger partial charge in [-0.15, -0.1) is 0 Å². The molecule has 0 fully saturated rings. The highest BCUT2D eigenvalue weighted by Gasteiger charge is 2.19. The SMILES string of the molecule is COC(=S)C(CCC(=O)O)NC(=O)OCc1ccccc1. The zero-order chi connectivity index (χ0) is 15.7. The molecular weight excluding hydrogens is 294 g/mol. The van der Waals surface area contributed by atoms with E-state index < -0.39 is 18.1 Å². The maximum atomic E-state index is 11.7. The van der Waals surface area contributed by atoms with Crippen LogP contribution >= 0.6 is 12.2 Å². The van der Waals surface area contributed by atoms with Gasteiger partial charge < -0.3 is 19.9 Å². The second-order valence-electron chi connectivity index (χ2n) is 4.21. The summed E-state index contributed by atoms with van der Waals surface area (Å²) in [6.07, 6.45) is -0.663. The van der Waals surface area contributed by atoms with Gasteiger partial charge in [0.25, 0.3) is 0 Å². The summed E-state index contributed by atoms with van der Waals surface area (Å²) in [4.78, 5) is 22.3. The molecule has 0 saturated carbocycles. The normalized spacial score (nSPS) is 11.3. The van der Waals surface area contributed by atoms with Crippen molar-refractivity contribution in [3.8, 4) is 0 Å². The number of hydrogen-bond donors (Lipinski definition) is 2. The lowest BCUT2D eigenvalue weighted by Gasteiger charge is -2.17. The summed E-state index contributed by atoms with van der Waals surface area (Å²) in [5.74, 6) is -0.974. The monoisotopic (exact) mass is 311 g/mol. The Hall–Kier alpha value is -2.15. The first-order chi connectivity index (χ1) is 10.0. The second-order valence-corrected chi connectivity index (χ2v) is 4.62. The molecule has 1 amide bonds. The third-order valence-corrected chi connectivity index (χ3v) is 3.09. The van der Waals surface area contributed by atoms with E-state index in [1.165, 1.54) is 7.11 Å². The molecule has 1 unspecified atom stereocenters. The smallest absolute Gasteiger partial charge is 0.408 e. The highest BCUT2D eigenvalue weighted by Crippen LogP contribution is 2.04. The number of carboxylic acids is 1. The number of ether oxygens (including phenoxy) is 2. The number of carbonyl (C=O) groups excluding carboxylic acids is 1. The third kappa shape index (κ3) is 6.71. The van der Waals surface area contributed by atoms with Crippen LogP contribution in [0.2, 0.25) is 0 Å². The van der Waals surface area contributed by atoms with Crippen molar-refractivity contribution in [3.05, 3.63) is 35.9 Å². The molecule has 1 aromatic rings. The summed E-state index contributed by atoms with van der Waals surface area (Å²) >= 11 is 4.94. The van der Waals surface area contributed by atoms with Gasteiger partial charge in [-0.2, -0.15) is 0 Å². The quantitative estimate of drug-likeness (QED) is 0.750. The molecule has 0 saturated heterocycles. The number of rotatable bonds is 7. The summed E-state index contributed by atoms with van der Waals surface area (Å²) in [7, 11) is 1.37. The zero-order valence-corrected chi connectivity index (χ0v) is 12.4. The largest absolute Gasteiger partial charge is 0.488 e. The van der Waals surface area contributed by atoms with E-state index in [-0.39, 0.29) is 24.5 Å². The highest BCUT2D eigenvalue weighted by atomic mass is 32.1. The first-order valence-electron chi connectivity index (χ1n) is 6.29. The average Bonchev–Trinajstić information content (AvgIpc) is 2.49. The number of aliphatic carboxylic acids is 1. The predicted octanol–water partition coefficient (Wildman–Crippen LogP) is 2.12. The van der Waals surface area contributed by atoms with Gasteiger partial charge >= 0.3 is 12.1 Å². The molecular formula is C14H17NO5S. The van der Waals surface area contributed by atoms with E-state index in [0.29, 0.717) is 0 Å². The van der Waals surface area contributed by atoms with E-state index in [0.717, 1.165) is 5.56 Å². The summed E-state index contributed by atoms with van der Waals surface area (Å²) < 4.78 is 9.92. The lowest BCUT2D eigenvalue weighted by molar-refractivity contribution is -0.137. The van der Waals surface area contributed by atoms with Gasteiger partial charge in [-0.3, -0.25) is 4.79 Å². The van der Waals surface area contributed by atoms with Crippen LogP contribution in [-0.4, -0.2) is 35.4 Å². The maximum Gasteiger partial charge on any atom is 0.408 e. The minimum atomic E-state index is -0.974. The Labute approximate surface area is 128 Å². The van der Waals surface area contributed by atoms with Gasteiger partial charge in [-0.05, 0) is 24.2 Å². The molecule has 0 radical (unpaired) electrons. The van der Waals surface area contributed by atoms with Crippen LogP contribution in [0.15, 0.2) is 30.3 Å². The molecule has 0 heterocycles. The molecule has 2 N–H and O–H groups in total. The van der Waals surface area contributed by atoms with Crippen LogP contribution < -0.4 is 5.32 Å². The van der Waals surface area contributed by atoms with Crippen molar-refractivity contribution in [3.63, 3.8) is 0 Å². The molecule has 0 spiro atoms. The predicted molar refractivity (Wildman–Crippen MR) is 80.0 cm³/mol. The molecule has 114 valence electrons. The fourth-order valence-electron chi connectivity index (χ4n) is 1.57. The summed E-state index contributed by atoms with van der Waals surface area (Å²) in [5, 5.41) is 11.3. The molecule has 0 aliphatic heterocycles. The lowest BCUT2D eigenvalue weighted by atomic mass is 10.1. The van der Waals surface area contributed by atoms with Crippen LogP contribution in [0, 0.1) is 0 Å². The third-order valence-electron chi connectivity index (χ3n) is 2.64. The van der Waals surface area contributed by atoms with Crippen LogP contribution in [0.5, 0.6) is 0 Å². The van der Waals surface area contributed by atoms with Crippen LogP contribution in [0.1, 0.15) is 18.4 Å². The van der Waals surface area contributed by atoms with Gasteiger partial charge in [-0.25, -0.2) is 4.79 Å². The van der Waals surface area contributed by atoms with Gasteiger partial charge in [0, 0.05) is 6.42 Å². The number of nitrogens with one attached hydrogen (secondary N) is 1. The number of carboxylic acid groups (broad SMARTS) is 1. The van der Waals surface area contributed by atoms with E-state index in [1.807, 2.05) is 30.3 Å². The van der Waals surface area contributed by atoms with Crippen LogP contribution in [-0.2, 0) is 20.9 Å². The van der Waals surface area contributed by atoms with Crippen LogP contribution in [0.4, 0.5) is 4.79 Å². The summed E-state index contributed by atoms with van der Waals surface area (Å²) in [5.41, 5.74) is 0.851. The number of carbonyl (C=O) groups is 2. The van der Waals surface area contributed by atoms with Crippen molar-refractivity contribution in [2.45, 2.75) is 25.5 Å². The average molecular weight is 311 g/mol. The van der Waals surface area contributed by atoms with Gasteiger partial charge in [0.1, 0.15) is 12.6 Å². The molecule has 1 rings (SSSR count). The number of methoxy groups -OCH3 is 1. The lowest BCUT2D eigenvalue weighted by Crippen LogP contribution is -2.41. The number of hydrogen-bond acceptors (Lipinski definition) is 5. The number of alkyl carbamates (subject to hydrolysis) is 1. The van der Waals surface area contributed by atoms with Gasteiger partial charge in [0.2, 0.25) is 0 Å². The van der Waals surface area contributed by atoms with Crippen molar-refractivity contribution in [2.75, 3.05) is 7.11 Å². The fourth-order valence-corrected chi connectivity index (χ4v) is 1.74. The Bertz CT molecular complexity index is 491. The molecule has 21 heavy (non-hydrogen) atoms. The first-order valence-corrected chi connectivity index (χ1v) is 6.70. The number of thiocarbonyl (C=S) groups is 1. The molecule has 1 atom stereocenters. The Balaban J connectivity index is 2.47. The molecule has 0 bridgehead atoms. The Morgan fingerprint density at radius 2 is 2.00 bits per heavy atom. The zero-order valence-electron chi connectivity index (χ0n) is 11.6. The topological polar surface area (TPSA) is 84.9 Å².